The molecule has 0 aliphatic rings. The van der Waals surface area contributed by atoms with Gasteiger partial charge in [-0.15, -0.1) is 11.3 Å². The van der Waals surface area contributed by atoms with Gasteiger partial charge in [0.05, 0.1) is 18.0 Å². The van der Waals surface area contributed by atoms with E-state index in [4.69, 9.17) is 0 Å². The van der Waals surface area contributed by atoms with Gasteiger partial charge < -0.3 is 9.13 Å². The fraction of sp³-hybridized carbons (Fsp3) is 0.738. The van der Waals surface area contributed by atoms with Crippen molar-refractivity contribution >= 4 is 22.9 Å². The highest BCUT2D eigenvalue weighted by atomic mass is 32.1. The van der Waals surface area contributed by atoms with Crippen molar-refractivity contribution in [2.24, 2.45) is 48.2 Å². The van der Waals surface area contributed by atoms with Gasteiger partial charge in [-0.25, -0.2) is 19.1 Å². The molecule has 5 aromatic heterocycles. The molecule has 0 unspecified atom stereocenters. The molecule has 0 aromatic carbocycles. The molecule has 0 bridgehead atoms. The molecule has 72 heavy (non-hydrogen) atoms. The smallest absolute Gasteiger partial charge is 0.337 e. The number of aryl methyl sites for hydroxylation is 4. The Morgan fingerprint density at radius 1 is 0.444 bits per heavy atom. The first-order valence-corrected chi connectivity index (χ1v) is 27.4. The molecule has 0 spiro atoms. The molecule has 0 saturated heterocycles. The van der Waals surface area contributed by atoms with Crippen molar-refractivity contribution < 1.29 is 0 Å². The van der Waals surface area contributed by atoms with Gasteiger partial charge in [0.25, 0.3) is 0 Å². The zero-order chi connectivity index (χ0) is 58.7. The molecule has 5 heterocycles. The lowest BCUT2D eigenvalue weighted by atomic mass is 9.89. The molecule has 0 aliphatic heterocycles. The van der Waals surface area contributed by atoms with E-state index in [2.05, 4.69) is 257 Å². The second kappa shape index (κ2) is 33.5. The van der Waals surface area contributed by atoms with Gasteiger partial charge in [-0.2, -0.15) is 5.10 Å². The molecule has 9 nitrogen and oxygen atoms in total. The number of thiazole rings is 1. The summed E-state index contributed by atoms with van der Waals surface area (Å²) in [5.41, 5.74) is 9.83. The Morgan fingerprint density at radius 2 is 0.833 bits per heavy atom. The maximum atomic E-state index is 11.0. The van der Waals surface area contributed by atoms with Crippen LogP contribution in [-0.4, -0.2) is 38.2 Å². The Bertz CT molecular complexity index is 1990. The molecule has 0 aliphatic carbocycles. The van der Waals surface area contributed by atoms with E-state index in [-0.39, 0.29) is 27.3 Å². The minimum absolute atomic E-state index is 0.0540. The maximum absolute atomic E-state index is 11.0. The van der Waals surface area contributed by atoms with Gasteiger partial charge in [0, 0.05) is 79.7 Å². The molecule has 0 atom stereocenters. The monoisotopic (exact) mass is 1040 g/mol. The number of aromatic nitrogens is 8. The van der Waals surface area contributed by atoms with Gasteiger partial charge in [0.1, 0.15) is 0 Å². The molecule has 0 N–H and O–H groups in total. The highest BCUT2D eigenvalue weighted by molar-refractivity contribution is 7.09. The normalized spacial score (nSPS) is 11.7. The summed E-state index contributed by atoms with van der Waals surface area (Å²) >= 11 is 3.21. The predicted molar refractivity (Wildman–Crippen MR) is 325 cm³/mol. The van der Waals surface area contributed by atoms with E-state index in [1.165, 1.54) is 37.8 Å². The highest BCUT2D eigenvalue weighted by Crippen LogP contribution is 2.25. The summed E-state index contributed by atoms with van der Waals surface area (Å²) in [4.78, 5) is 24.1. The summed E-state index contributed by atoms with van der Waals surface area (Å²) in [6.07, 6.45) is 15.0. The minimum atomic E-state index is -0.206. The summed E-state index contributed by atoms with van der Waals surface area (Å²) in [6, 6.07) is 0. The van der Waals surface area contributed by atoms with E-state index in [1.54, 1.807) is 24.6 Å². The Morgan fingerprint density at radius 3 is 1.00 bits per heavy atom. The van der Waals surface area contributed by atoms with E-state index in [9.17, 15) is 4.79 Å². The second-order valence-electron chi connectivity index (χ2n) is 30.6. The van der Waals surface area contributed by atoms with Gasteiger partial charge in [-0.1, -0.05) is 222 Å². The first-order valence-electron chi connectivity index (χ1n) is 25.7. The van der Waals surface area contributed by atoms with Crippen LogP contribution in [0.2, 0.25) is 0 Å². The van der Waals surface area contributed by atoms with Crippen molar-refractivity contribution in [3.05, 3.63) is 98.3 Å². The van der Waals surface area contributed by atoms with Gasteiger partial charge in [0.2, 0.25) is 0 Å². The van der Waals surface area contributed by atoms with Crippen LogP contribution in [-0.2, 0) is 42.8 Å². The van der Waals surface area contributed by atoms with Crippen LogP contribution < -0.4 is 5.69 Å². The first-order chi connectivity index (χ1) is 31.4. The van der Waals surface area contributed by atoms with Crippen molar-refractivity contribution in [1.82, 2.24) is 38.2 Å². The van der Waals surface area contributed by atoms with E-state index in [0.717, 1.165) is 5.56 Å². The fourth-order valence-corrected chi connectivity index (χ4v) is 4.86. The van der Waals surface area contributed by atoms with Crippen LogP contribution in [0.25, 0.3) is 0 Å². The number of imidazole rings is 1. The van der Waals surface area contributed by atoms with Gasteiger partial charge >= 0.3 is 5.69 Å². The van der Waals surface area contributed by atoms with Crippen LogP contribution in [0.5, 0.6) is 0 Å². The molecule has 0 fully saturated rings. The topological polar surface area (TPSA) is 96.3 Å². The fourth-order valence-electron chi connectivity index (χ4n) is 3.63. The Kier molecular flexibility index (Phi) is 36.0. The number of hydrogen-bond acceptors (Lipinski definition) is 8. The Hall–Kier alpha value is -3.44. The molecular weight excluding hydrogens is 925 g/mol. The lowest BCUT2D eigenvalue weighted by Crippen LogP contribution is -2.23. The summed E-state index contributed by atoms with van der Waals surface area (Å²) in [5, 5.41) is 6.11. The highest BCUT2D eigenvalue weighted by Gasteiger charge is 2.17. The molecular formula is C61H118N8OS2. The molecule has 5 rings (SSSR count). The average molecular weight is 1040 g/mol. The van der Waals surface area contributed by atoms with Gasteiger partial charge in [-0.3, -0.25) is 9.67 Å². The van der Waals surface area contributed by atoms with Crippen LogP contribution in [0.15, 0.2) is 65.4 Å². The standard InChI is InChI=1S/C9H14N2O.2C8H14N2.C7H11NS.5C5H12.C4H5NS/c1-9(2,3)7-5-10-8(12)11(4)6-7;1-8(2,3)7-5-9-6-10(7)4;1-8(2,3)7-5-9-10(4)6-7;1-7(2,3)6-4-8-5-9-6;5*1-5(2,3)4;1-4-2-5-6-3-4/h5-6H,1-4H3;2*5-6H,1-4H3;4-5H,1-3H3;5*1-4H3;2-3H,1H3. The zero-order valence-electron chi connectivity index (χ0n) is 54.1. The Balaban J connectivity index is -0.000000236. The third-order valence-corrected chi connectivity index (χ3v) is 8.60. The van der Waals surface area contributed by atoms with Gasteiger partial charge in [0.15, 0.2) is 0 Å². The van der Waals surface area contributed by atoms with Crippen molar-refractivity contribution in [1.29, 1.82) is 0 Å². The average Bonchev–Trinajstić information content (AvgIpc) is 3.91. The summed E-state index contributed by atoms with van der Waals surface area (Å²) in [7, 11) is 5.67. The molecule has 0 amide bonds. The van der Waals surface area contributed by atoms with Crippen molar-refractivity contribution in [2.45, 2.75) is 250 Å². The van der Waals surface area contributed by atoms with Crippen LogP contribution in [0, 0.1) is 34.0 Å². The van der Waals surface area contributed by atoms with Crippen LogP contribution in [0.3, 0.4) is 0 Å². The number of rotatable bonds is 0. The van der Waals surface area contributed by atoms with Gasteiger partial charge in [-0.05, 0) is 78.5 Å². The number of nitrogens with zero attached hydrogens (tertiary/aromatic N) is 8. The minimum Gasteiger partial charge on any atom is -0.337 e. The third-order valence-electron chi connectivity index (χ3n) is 6.70. The zero-order valence-corrected chi connectivity index (χ0v) is 55.7. The SMILES string of the molecule is CC(C)(C)C.CC(C)(C)C.CC(C)(C)C.CC(C)(C)C.CC(C)(C)C.CC(C)(C)c1cncs1.Cc1cnsc1.Cn1cc(C(C)(C)C)cn1.Cn1cc(C(C)(C)C)cnc1=O.Cn1cncc1C(C)(C)C. The predicted octanol–water partition coefficient (Wildman–Crippen LogP) is 18.7. The molecule has 420 valence electrons. The lowest BCUT2D eigenvalue weighted by molar-refractivity contribution is 0.469. The van der Waals surface area contributed by atoms with Crippen LogP contribution in [0.1, 0.15) is 249 Å². The third kappa shape index (κ3) is 64.6. The summed E-state index contributed by atoms with van der Waals surface area (Å²) in [6.45, 7) is 71.7. The molecule has 0 radical (unpaired) electrons. The molecule has 0 saturated carbocycles. The van der Waals surface area contributed by atoms with Crippen molar-refractivity contribution in [2.75, 3.05) is 0 Å². The quantitative estimate of drug-likeness (QED) is 0.153. The van der Waals surface area contributed by atoms with Crippen LogP contribution in [0.4, 0.5) is 0 Å². The first kappa shape index (κ1) is 77.5. The van der Waals surface area contributed by atoms with Crippen molar-refractivity contribution in [3.8, 4) is 0 Å². The van der Waals surface area contributed by atoms with Crippen molar-refractivity contribution in [3.63, 3.8) is 0 Å². The maximum Gasteiger partial charge on any atom is 0.347 e. The molecule has 5 aromatic rings. The largest absolute Gasteiger partial charge is 0.347 e. The number of hydrogen-bond donors (Lipinski definition) is 0. The summed E-state index contributed by atoms with van der Waals surface area (Å²) < 4.78 is 9.25. The van der Waals surface area contributed by atoms with E-state index >= 15 is 0 Å². The van der Waals surface area contributed by atoms with E-state index in [1.807, 2.05) is 73.9 Å². The van der Waals surface area contributed by atoms with Crippen LogP contribution >= 0.6 is 22.9 Å². The van der Waals surface area contributed by atoms with E-state index < -0.39 is 0 Å². The molecule has 11 heteroatoms. The van der Waals surface area contributed by atoms with E-state index in [0.29, 0.717) is 27.1 Å². The second-order valence-corrected chi connectivity index (χ2v) is 32.1. The Labute approximate surface area is 455 Å². The summed E-state index contributed by atoms with van der Waals surface area (Å²) in [5.74, 6) is 0. The lowest BCUT2D eigenvalue weighted by Gasteiger charge is -2.18.